The Bertz CT molecular complexity index is 557. The first kappa shape index (κ1) is 13.2. The van der Waals surface area contributed by atoms with Gasteiger partial charge in [-0.1, -0.05) is 44.2 Å². The van der Waals surface area contributed by atoms with Gasteiger partial charge in [0, 0.05) is 11.9 Å². The molecule has 1 aromatic carbocycles. The van der Waals surface area contributed by atoms with E-state index in [2.05, 4.69) is 0 Å². The van der Waals surface area contributed by atoms with Crippen LogP contribution in [0.1, 0.15) is 25.3 Å². The van der Waals surface area contributed by atoms with Crippen molar-refractivity contribution in [3.8, 4) is 0 Å². The maximum absolute atomic E-state index is 12.6. The van der Waals surface area contributed by atoms with Crippen molar-refractivity contribution in [2.75, 3.05) is 6.61 Å². The zero-order chi connectivity index (χ0) is 14.5. The third-order valence-corrected chi connectivity index (χ3v) is 4.40. The molecule has 2 radical (unpaired) electrons. The van der Waals surface area contributed by atoms with E-state index in [0.29, 0.717) is 0 Å². The zero-order valence-electron chi connectivity index (χ0n) is 11.6. The van der Waals surface area contributed by atoms with Crippen LogP contribution in [0, 0.1) is 11.3 Å². The van der Waals surface area contributed by atoms with E-state index in [4.69, 9.17) is 12.6 Å². The first-order chi connectivity index (χ1) is 9.44. The lowest BCUT2D eigenvalue weighted by Gasteiger charge is -2.17. The van der Waals surface area contributed by atoms with Crippen LogP contribution in [0.15, 0.2) is 30.3 Å². The van der Waals surface area contributed by atoms with E-state index in [0.717, 1.165) is 10.5 Å². The van der Waals surface area contributed by atoms with Crippen LogP contribution in [0.4, 0.5) is 4.79 Å². The van der Waals surface area contributed by atoms with Gasteiger partial charge >= 0.3 is 6.09 Å². The SMILES string of the molecule is [B][C@H]1COC(=O)N1C(=O)[C@@H]1[C@@H](c2ccccc2)C1(C)C. The van der Waals surface area contributed by atoms with E-state index in [9.17, 15) is 9.59 Å². The van der Waals surface area contributed by atoms with Gasteiger partial charge in [-0.25, -0.2) is 9.69 Å². The average molecular weight is 269 g/mol. The van der Waals surface area contributed by atoms with E-state index in [-0.39, 0.29) is 29.8 Å². The molecule has 3 atom stereocenters. The number of benzene rings is 1. The van der Waals surface area contributed by atoms with E-state index in [1.165, 1.54) is 0 Å². The van der Waals surface area contributed by atoms with Gasteiger partial charge in [-0.15, -0.1) is 0 Å². The maximum atomic E-state index is 12.6. The highest BCUT2D eigenvalue weighted by atomic mass is 16.6. The molecule has 20 heavy (non-hydrogen) atoms. The van der Waals surface area contributed by atoms with E-state index >= 15 is 0 Å². The van der Waals surface area contributed by atoms with Crippen molar-refractivity contribution in [3.05, 3.63) is 35.9 Å². The van der Waals surface area contributed by atoms with Crippen molar-refractivity contribution in [3.63, 3.8) is 0 Å². The fourth-order valence-electron chi connectivity index (χ4n) is 3.22. The predicted octanol–water partition coefficient (Wildman–Crippen LogP) is 1.90. The zero-order valence-corrected chi connectivity index (χ0v) is 11.6. The second-order valence-electron chi connectivity index (χ2n) is 6.04. The lowest BCUT2D eigenvalue weighted by atomic mass is 9.96. The van der Waals surface area contributed by atoms with Crippen molar-refractivity contribution in [1.29, 1.82) is 0 Å². The van der Waals surface area contributed by atoms with E-state index in [1.807, 2.05) is 44.2 Å². The van der Waals surface area contributed by atoms with Gasteiger partial charge in [0.25, 0.3) is 0 Å². The Morgan fingerprint density at radius 3 is 2.55 bits per heavy atom. The molecule has 0 spiro atoms. The van der Waals surface area contributed by atoms with Gasteiger partial charge in [-0.2, -0.15) is 0 Å². The molecule has 2 aliphatic rings. The number of amides is 2. The number of nitrogens with zero attached hydrogens (tertiary/aromatic N) is 1. The van der Waals surface area contributed by atoms with Gasteiger partial charge in [-0.05, 0) is 11.0 Å². The first-order valence-corrected chi connectivity index (χ1v) is 6.75. The van der Waals surface area contributed by atoms with Gasteiger partial charge in [0.05, 0.1) is 5.92 Å². The Hall–Kier alpha value is -1.78. The number of hydrogen-bond acceptors (Lipinski definition) is 3. The quantitative estimate of drug-likeness (QED) is 0.770. The molecule has 1 aliphatic heterocycles. The molecule has 0 bridgehead atoms. The monoisotopic (exact) mass is 269 g/mol. The number of carbonyl (C=O) groups excluding carboxylic acids is 2. The van der Waals surface area contributed by atoms with Gasteiger partial charge in [0.2, 0.25) is 5.91 Å². The number of imide groups is 1. The fraction of sp³-hybridized carbons (Fsp3) is 0.467. The summed E-state index contributed by atoms with van der Waals surface area (Å²) < 4.78 is 4.83. The van der Waals surface area contributed by atoms with Crippen molar-refractivity contribution >= 4 is 19.8 Å². The topological polar surface area (TPSA) is 46.6 Å². The van der Waals surface area contributed by atoms with E-state index < -0.39 is 12.0 Å². The standard InChI is InChI=1S/C15H16BNO3/c1-15(2)11(9-6-4-3-5-7-9)12(15)13(18)17-10(16)8-20-14(17)19/h3-7,10-12H,8H2,1-2H3/t10-,11-,12+/m1/s1. The van der Waals surface area contributed by atoms with Crippen molar-refractivity contribution < 1.29 is 14.3 Å². The molecule has 1 aliphatic carbocycles. The highest BCUT2D eigenvalue weighted by molar-refractivity contribution is 6.16. The van der Waals surface area contributed by atoms with Gasteiger partial charge in [-0.3, -0.25) is 4.79 Å². The third-order valence-electron chi connectivity index (χ3n) is 4.40. The highest BCUT2D eigenvalue weighted by Gasteiger charge is 2.64. The summed E-state index contributed by atoms with van der Waals surface area (Å²) in [6.07, 6.45) is -0.628. The minimum atomic E-state index is -0.664. The minimum Gasteiger partial charge on any atom is -0.448 e. The van der Waals surface area contributed by atoms with Gasteiger partial charge < -0.3 is 4.74 Å². The van der Waals surface area contributed by atoms with Crippen molar-refractivity contribution in [2.24, 2.45) is 11.3 Å². The third kappa shape index (κ3) is 1.84. The summed E-state index contributed by atoms with van der Waals surface area (Å²) in [7, 11) is 5.77. The Morgan fingerprint density at radius 2 is 2.00 bits per heavy atom. The molecule has 0 aromatic heterocycles. The normalized spacial score (nSPS) is 31.0. The highest BCUT2D eigenvalue weighted by Crippen LogP contribution is 2.65. The molecular weight excluding hydrogens is 253 g/mol. The van der Waals surface area contributed by atoms with Crippen LogP contribution < -0.4 is 0 Å². The molecule has 5 heteroatoms. The fourth-order valence-corrected chi connectivity index (χ4v) is 3.22. The van der Waals surface area contributed by atoms with Gasteiger partial charge in [0.1, 0.15) is 14.5 Å². The van der Waals surface area contributed by atoms with Crippen LogP contribution in [0.2, 0.25) is 0 Å². The van der Waals surface area contributed by atoms with Crippen LogP contribution in [0.5, 0.6) is 0 Å². The summed E-state index contributed by atoms with van der Waals surface area (Å²) in [6.45, 7) is 4.16. The molecule has 0 N–H and O–H groups in total. The molecule has 1 saturated carbocycles. The molecule has 0 unspecified atom stereocenters. The first-order valence-electron chi connectivity index (χ1n) is 6.75. The number of hydrogen-bond donors (Lipinski definition) is 0. The second kappa shape index (κ2) is 4.37. The molecule has 102 valence electrons. The van der Waals surface area contributed by atoms with Crippen molar-refractivity contribution in [1.82, 2.24) is 4.90 Å². The molecule has 4 nitrogen and oxygen atoms in total. The average Bonchev–Trinajstić information content (AvgIpc) is 2.84. The maximum Gasteiger partial charge on any atom is 0.416 e. The number of cyclic esters (lactones) is 1. The van der Waals surface area contributed by atoms with E-state index in [1.54, 1.807) is 0 Å². The summed E-state index contributed by atoms with van der Waals surface area (Å²) in [4.78, 5) is 25.3. The number of carbonyl (C=O) groups is 2. The van der Waals surface area contributed by atoms with Crippen LogP contribution in [-0.4, -0.2) is 37.3 Å². The number of ether oxygens (including phenoxy) is 1. The number of rotatable bonds is 2. The molecule has 1 heterocycles. The molecule has 1 saturated heterocycles. The summed E-state index contributed by atoms with van der Waals surface area (Å²) in [5.41, 5.74) is 0.957. The Morgan fingerprint density at radius 1 is 1.35 bits per heavy atom. The summed E-state index contributed by atoms with van der Waals surface area (Å²) >= 11 is 0. The molecular formula is C15H16BNO3. The Labute approximate surface area is 119 Å². The molecule has 3 rings (SSSR count). The molecule has 1 aromatic rings. The van der Waals surface area contributed by atoms with Crippen LogP contribution in [-0.2, 0) is 9.53 Å². The summed E-state index contributed by atoms with van der Waals surface area (Å²) in [6, 6.07) is 9.90. The Kier molecular flexibility index (Phi) is 2.89. The van der Waals surface area contributed by atoms with Crippen molar-refractivity contribution in [2.45, 2.75) is 25.7 Å². The van der Waals surface area contributed by atoms with Crippen LogP contribution >= 0.6 is 0 Å². The molecule has 2 amide bonds. The summed E-state index contributed by atoms with van der Waals surface area (Å²) in [5, 5.41) is 0. The van der Waals surface area contributed by atoms with Crippen LogP contribution in [0.3, 0.4) is 0 Å². The van der Waals surface area contributed by atoms with Crippen LogP contribution in [0.25, 0.3) is 0 Å². The lowest BCUT2D eigenvalue weighted by molar-refractivity contribution is -0.130. The predicted molar refractivity (Wildman–Crippen MR) is 74.2 cm³/mol. The minimum absolute atomic E-state index is 0.0771. The van der Waals surface area contributed by atoms with Gasteiger partial charge in [0.15, 0.2) is 0 Å². The largest absolute Gasteiger partial charge is 0.448 e. The summed E-state index contributed by atoms with van der Waals surface area (Å²) in [5.74, 6) is -0.986. The second-order valence-corrected chi connectivity index (χ2v) is 6.04. The smallest absolute Gasteiger partial charge is 0.416 e. The molecule has 2 fully saturated rings. The lowest BCUT2D eigenvalue weighted by Crippen LogP contribution is -2.41. The Balaban J connectivity index is 1.85.